The molecule has 0 aromatic rings. The van der Waals surface area contributed by atoms with Crippen molar-refractivity contribution in [3.8, 4) is 0 Å². The van der Waals surface area contributed by atoms with Gasteiger partial charge in [-0.2, -0.15) is 0 Å². The third-order valence-electron chi connectivity index (χ3n) is 1.72. The second-order valence-corrected chi connectivity index (χ2v) is 2.58. The van der Waals surface area contributed by atoms with Crippen LogP contribution in [-0.2, 0) is 14.3 Å². The Morgan fingerprint density at radius 2 is 2.00 bits per heavy atom. The Morgan fingerprint density at radius 3 is 2.09 bits per heavy atom. The molecule has 0 aromatic carbocycles. The number of ether oxygens (including phenoxy) is 2. The van der Waals surface area contributed by atoms with Crippen molar-refractivity contribution in [1.82, 2.24) is 0 Å². The van der Waals surface area contributed by atoms with Gasteiger partial charge in [-0.3, -0.25) is 4.79 Å². The van der Waals surface area contributed by atoms with Gasteiger partial charge in [0.25, 0.3) is 6.47 Å². The Hall–Kier alpha value is -0.570. The lowest BCUT2D eigenvalue weighted by molar-refractivity contribution is -0.126. The standard InChI is InChI=1S/C6H12O.C2H4O2/c1-7-5-6-3-2-4-6;1-4-2-3/h6H,2-5H2,1H3;2H,1H3. The van der Waals surface area contributed by atoms with Crippen LogP contribution in [0.25, 0.3) is 0 Å². The molecule has 0 unspecified atom stereocenters. The van der Waals surface area contributed by atoms with E-state index in [4.69, 9.17) is 9.53 Å². The molecule has 3 heteroatoms. The molecule has 1 aliphatic carbocycles. The molecule has 0 N–H and O–H groups in total. The van der Waals surface area contributed by atoms with E-state index in [2.05, 4.69) is 4.74 Å². The van der Waals surface area contributed by atoms with Gasteiger partial charge in [-0.1, -0.05) is 6.42 Å². The Morgan fingerprint density at radius 1 is 1.45 bits per heavy atom. The van der Waals surface area contributed by atoms with E-state index < -0.39 is 0 Å². The van der Waals surface area contributed by atoms with Crippen LogP contribution in [0, 0.1) is 5.92 Å². The lowest BCUT2D eigenvalue weighted by Crippen LogP contribution is -2.16. The zero-order valence-electron chi connectivity index (χ0n) is 7.21. The van der Waals surface area contributed by atoms with Crippen molar-refractivity contribution in [3.05, 3.63) is 0 Å². The summed E-state index contributed by atoms with van der Waals surface area (Å²) in [6.07, 6.45) is 4.22. The van der Waals surface area contributed by atoms with Gasteiger partial charge in [0, 0.05) is 13.7 Å². The molecule has 0 atom stereocenters. The van der Waals surface area contributed by atoms with Gasteiger partial charge in [0.05, 0.1) is 7.11 Å². The van der Waals surface area contributed by atoms with Crippen LogP contribution < -0.4 is 0 Å². The highest BCUT2D eigenvalue weighted by Gasteiger charge is 2.15. The summed E-state index contributed by atoms with van der Waals surface area (Å²) in [6.45, 7) is 1.36. The predicted molar refractivity (Wildman–Crippen MR) is 42.3 cm³/mol. The Kier molecular flexibility index (Phi) is 7.15. The molecule has 11 heavy (non-hydrogen) atoms. The normalized spacial score (nSPS) is 15.8. The summed E-state index contributed by atoms with van der Waals surface area (Å²) < 4.78 is 8.81. The SMILES string of the molecule is COC=O.COCC1CCC1. The lowest BCUT2D eigenvalue weighted by Gasteiger charge is -2.23. The van der Waals surface area contributed by atoms with Crippen LogP contribution in [0.3, 0.4) is 0 Å². The highest BCUT2D eigenvalue weighted by Crippen LogP contribution is 2.25. The van der Waals surface area contributed by atoms with E-state index >= 15 is 0 Å². The summed E-state index contributed by atoms with van der Waals surface area (Å²) >= 11 is 0. The average Bonchev–Trinajstić information content (AvgIpc) is 1.97. The second-order valence-electron chi connectivity index (χ2n) is 2.58. The third kappa shape index (κ3) is 5.85. The summed E-state index contributed by atoms with van der Waals surface area (Å²) in [5.41, 5.74) is 0. The fourth-order valence-electron chi connectivity index (χ4n) is 0.895. The van der Waals surface area contributed by atoms with Crippen LogP contribution in [0.15, 0.2) is 0 Å². The highest BCUT2D eigenvalue weighted by molar-refractivity contribution is 5.36. The van der Waals surface area contributed by atoms with Crippen LogP contribution >= 0.6 is 0 Å². The zero-order chi connectivity index (χ0) is 8.53. The Bertz CT molecular complexity index is 89.3. The monoisotopic (exact) mass is 160 g/mol. The molecule has 0 spiro atoms. The third-order valence-corrected chi connectivity index (χ3v) is 1.72. The lowest BCUT2D eigenvalue weighted by atomic mass is 9.86. The number of hydrogen-bond donors (Lipinski definition) is 0. The first-order valence-electron chi connectivity index (χ1n) is 3.80. The maximum Gasteiger partial charge on any atom is 0.292 e. The summed E-state index contributed by atoms with van der Waals surface area (Å²) in [6, 6.07) is 0. The maximum absolute atomic E-state index is 8.95. The summed E-state index contributed by atoms with van der Waals surface area (Å²) in [5.74, 6) is 0.907. The molecule has 1 aliphatic rings. The van der Waals surface area contributed by atoms with Gasteiger partial charge in [-0.15, -0.1) is 0 Å². The van der Waals surface area contributed by atoms with Gasteiger partial charge in [0.2, 0.25) is 0 Å². The topological polar surface area (TPSA) is 35.5 Å². The minimum absolute atomic E-state index is 0.375. The van der Waals surface area contributed by atoms with E-state index in [0.717, 1.165) is 12.5 Å². The molecule has 0 saturated heterocycles. The van der Waals surface area contributed by atoms with Crippen molar-refractivity contribution in [2.75, 3.05) is 20.8 Å². The largest absolute Gasteiger partial charge is 0.471 e. The van der Waals surface area contributed by atoms with Gasteiger partial charge in [-0.05, 0) is 18.8 Å². The molecule has 66 valence electrons. The summed E-state index contributed by atoms with van der Waals surface area (Å²) in [5, 5.41) is 0. The summed E-state index contributed by atoms with van der Waals surface area (Å²) in [4.78, 5) is 8.95. The van der Waals surface area contributed by atoms with E-state index in [1.54, 1.807) is 7.11 Å². The van der Waals surface area contributed by atoms with Gasteiger partial charge in [0.15, 0.2) is 0 Å². The van der Waals surface area contributed by atoms with Gasteiger partial charge in [0.1, 0.15) is 0 Å². The van der Waals surface area contributed by atoms with Crippen molar-refractivity contribution < 1.29 is 14.3 Å². The number of methoxy groups -OCH3 is 2. The summed E-state index contributed by atoms with van der Waals surface area (Å²) in [7, 11) is 3.09. The molecule has 0 radical (unpaired) electrons. The van der Waals surface area contributed by atoms with Crippen molar-refractivity contribution in [3.63, 3.8) is 0 Å². The van der Waals surface area contributed by atoms with Gasteiger partial charge < -0.3 is 9.47 Å². The van der Waals surface area contributed by atoms with Crippen LogP contribution in [-0.4, -0.2) is 27.3 Å². The maximum atomic E-state index is 8.95. The van der Waals surface area contributed by atoms with Crippen molar-refractivity contribution >= 4 is 6.47 Å². The minimum atomic E-state index is 0.375. The molecule has 0 bridgehead atoms. The van der Waals surface area contributed by atoms with Gasteiger partial charge >= 0.3 is 0 Å². The number of carbonyl (C=O) groups is 1. The molecule has 1 saturated carbocycles. The van der Waals surface area contributed by atoms with Crippen molar-refractivity contribution in [2.24, 2.45) is 5.92 Å². The quantitative estimate of drug-likeness (QED) is 0.582. The van der Waals surface area contributed by atoms with Crippen molar-refractivity contribution in [2.45, 2.75) is 19.3 Å². The first-order chi connectivity index (χ1) is 5.35. The Balaban J connectivity index is 0.000000218. The fraction of sp³-hybridized carbons (Fsp3) is 0.875. The van der Waals surface area contributed by atoms with Gasteiger partial charge in [-0.25, -0.2) is 0 Å². The zero-order valence-corrected chi connectivity index (χ0v) is 7.21. The van der Waals surface area contributed by atoms with Crippen LogP contribution in [0.4, 0.5) is 0 Å². The van der Waals surface area contributed by atoms with E-state index in [9.17, 15) is 0 Å². The first kappa shape index (κ1) is 10.4. The second kappa shape index (κ2) is 7.54. The first-order valence-corrected chi connectivity index (χ1v) is 3.80. The molecule has 1 fully saturated rings. The Labute approximate surface area is 67.7 Å². The molecular weight excluding hydrogens is 144 g/mol. The highest BCUT2D eigenvalue weighted by atomic mass is 16.5. The molecular formula is C8H16O3. The fourth-order valence-corrected chi connectivity index (χ4v) is 0.895. The van der Waals surface area contributed by atoms with E-state index in [1.165, 1.54) is 26.4 Å². The predicted octanol–water partition coefficient (Wildman–Crippen LogP) is 1.22. The smallest absolute Gasteiger partial charge is 0.292 e. The molecule has 0 aliphatic heterocycles. The molecule has 3 nitrogen and oxygen atoms in total. The molecule has 0 amide bonds. The van der Waals surface area contributed by atoms with Crippen LogP contribution in [0.1, 0.15) is 19.3 Å². The number of carbonyl (C=O) groups excluding carboxylic acids is 1. The number of rotatable bonds is 3. The van der Waals surface area contributed by atoms with E-state index in [1.807, 2.05) is 0 Å². The number of hydrogen-bond acceptors (Lipinski definition) is 3. The molecule has 0 heterocycles. The van der Waals surface area contributed by atoms with Crippen LogP contribution in [0.5, 0.6) is 0 Å². The van der Waals surface area contributed by atoms with E-state index in [-0.39, 0.29) is 0 Å². The molecule has 0 aromatic heterocycles. The van der Waals surface area contributed by atoms with E-state index in [0.29, 0.717) is 6.47 Å². The van der Waals surface area contributed by atoms with Crippen molar-refractivity contribution in [1.29, 1.82) is 0 Å². The minimum Gasteiger partial charge on any atom is -0.471 e. The van der Waals surface area contributed by atoms with Crippen LogP contribution in [0.2, 0.25) is 0 Å². The molecule has 1 rings (SSSR count). The average molecular weight is 160 g/mol.